The number of rotatable bonds is 4. The predicted octanol–water partition coefficient (Wildman–Crippen LogP) is 4.39. The van der Waals surface area contributed by atoms with Crippen LogP contribution in [-0.4, -0.2) is 17.6 Å². The van der Waals surface area contributed by atoms with Crippen molar-refractivity contribution in [3.63, 3.8) is 0 Å². The highest BCUT2D eigenvalue weighted by atomic mass is 79.9. The lowest BCUT2D eigenvalue weighted by molar-refractivity contribution is -0.142. The molecule has 0 amide bonds. The minimum absolute atomic E-state index is 0.213. The zero-order valence-electron chi connectivity index (χ0n) is 9.41. The van der Waals surface area contributed by atoms with Gasteiger partial charge >= 0.3 is 5.97 Å². The molecule has 0 N–H and O–H groups in total. The first kappa shape index (κ1) is 14.0. The maximum absolute atomic E-state index is 11.3. The Balaban J connectivity index is 2.13. The molecule has 0 unspecified atom stereocenters. The van der Waals surface area contributed by atoms with Crippen molar-refractivity contribution in [2.24, 2.45) is 0 Å². The van der Waals surface area contributed by atoms with Gasteiger partial charge in [0.25, 0.3) is 0 Å². The van der Waals surface area contributed by atoms with Crippen molar-refractivity contribution in [1.29, 1.82) is 0 Å². The molecule has 0 saturated heterocycles. The van der Waals surface area contributed by atoms with E-state index in [1.807, 2.05) is 11.4 Å². The maximum atomic E-state index is 11.3. The van der Waals surface area contributed by atoms with Gasteiger partial charge in [0.2, 0.25) is 0 Å². The van der Waals surface area contributed by atoms with Gasteiger partial charge in [-0.1, -0.05) is 11.6 Å². The Morgan fingerprint density at radius 1 is 1.61 bits per heavy atom. The molecule has 0 bridgehead atoms. The van der Waals surface area contributed by atoms with Crippen LogP contribution in [0.1, 0.15) is 12.6 Å². The molecule has 2 rings (SSSR count). The number of halogens is 2. The van der Waals surface area contributed by atoms with Crippen LogP contribution in [-0.2, 0) is 16.0 Å². The summed E-state index contributed by atoms with van der Waals surface area (Å²) in [5, 5.41) is 2.74. The van der Waals surface area contributed by atoms with Crippen LogP contribution in [0.5, 0.6) is 0 Å². The van der Waals surface area contributed by atoms with E-state index in [9.17, 15) is 4.79 Å². The van der Waals surface area contributed by atoms with Crippen LogP contribution in [0.15, 0.2) is 15.9 Å². The highest BCUT2D eigenvalue weighted by molar-refractivity contribution is 9.10. The quantitative estimate of drug-likeness (QED) is 0.753. The van der Waals surface area contributed by atoms with Gasteiger partial charge in [-0.3, -0.25) is 4.79 Å². The molecule has 2 aromatic rings. The van der Waals surface area contributed by atoms with Gasteiger partial charge < -0.3 is 4.74 Å². The molecule has 0 aliphatic carbocycles. The molecule has 0 atom stereocenters. The van der Waals surface area contributed by atoms with Gasteiger partial charge in [0.05, 0.1) is 23.6 Å². The topological polar surface area (TPSA) is 39.2 Å². The number of ether oxygens (including phenoxy) is 1. The van der Waals surface area contributed by atoms with Gasteiger partial charge in [0.1, 0.15) is 9.34 Å². The highest BCUT2D eigenvalue weighted by Gasteiger charge is 2.12. The van der Waals surface area contributed by atoms with Gasteiger partial charge in [-0.05, 0) is 28.9 Å². The van der Waals surface area contributed by atoms with E-state index in [1.54, 1.807) is 6.92 Å². The molecular formula is C11H9BrClNO2S2. The summed E-state index contributed by atoms with van der Waals surface area (Å²) in [4.78, 5) is 16.7. The summed E-state index contributed by atoms with van der Waals surface area (Å²) >= 11 is 12.3. The van der Waals surface area contributed by atoms with E-state index < -0.39 is 0 Å². The lowest BCUT2D eigenvalue weighted by Gasteiger charge is -1.97. The Morgan fingerprint density at radius 2 is 2.39 bits per heavy atom. The fourth-order valence-electron chi connectivity index (χ4n) is 1.31. The zero-order valence-corrected chi connectivity index (χ0v) is 13.4. The van der Waals surface area contributed by atoms with Crippen molar-refractivity contribution in [2.75, 3.05) is 6.61 Å². The maximum Gasteiger partial charge on any atom is 0.311 e. The van der Waals surface area contributed by atoms with E-state index in [-0.39, 0.29) is 12.4 Å². The molecule has 3 nitrogen and oxygen atoms in total. The SMILES string of the molecule is CCOC(=O)Cc1csc(-c2cc(Br)c(Cl)s2)n1. The Morgan fingerprint density at radius 3 is 3.00 bits per heavy atom. The first-order valence-electron chi connectivity index (χ1n) is 5.15. The van der Waals surface area contributed by atoms with Crippen molar-refractivity contribution in [2.45, 2.75) is 13.3 Å². The molecule has 0 saturated carbocycles. The van der Waals surface area contributed by atoms with Crippen LogP contribution in [0.3, 0.4) is 0 Å². The summed E-state index contributed by atoms with van der Waals surface area (Å²) in [5.41, 5.74) is 0.731. The van der Waals surface area contributed by atoms with E-state index in [4.69, 9.17) is 16.3 Å². The van der Waals surface area contributed by atoms with Gasteiger partial charge in [-0.15, -0.1) is 22.7 Å². The lowest BCUT2D eigenvalue weighted by Crippen LogP contribution is -2.07. The minimum atomic E-state index is -0.250. The molecule has 0 radical (unpaired) electrons. The number of esters is 1. The highest BCUT2D eigenvalue weighted by Crippen LogP contribution is 2.39. The molecule has 0 aliphatic heterocycles. The minimum Gasteiger partial charge on any atom is -0.466 e. The Kier molecular flexibility index (Phi) is 4.77. The lowest BCUT2D eigenvalue weighted by atomic mass is 10.3. The third-order valence-electron chi connectivity index (χ3n) is 2.04. The number of aromatic nitrogens is 1. The molecule has 18 heavy (non-hydrogen) atoms. The fourth-order valence-corrected chi connectivity index (χ4v) is 3.90. The third kappa shape index (κ3) is 3.32. The zero-order chi connectivity index (χ0) is 13.1. The smallest absolute Gasteiger partial charge is 0.311 e. The number of thiazole rings is 1. The normalized spacial score (nSPS) is 10.6. The van der Waals surface area contributed by atoms with Gasteiger partial charge in [-0.25, -0.2) is 4.98 Å². The summed E-state index contributed by atoms with van der Waals surface area (Å²) in [6, 6.07) is 1.93. The van der Waals surface area contributed by atoms with Crippen LogP contribution in [0.4, 0.5) is 0 Å². The number of thiophene rings is 1. The summed E-state index contributed by atoms with van der Waals surface area (Å²) in [7, 11) is 0. The fraction of sp³-hybridized carbons (Fsp3) is 0.273. The summed E-state index contributed by atoms with van der Waals surface area (Å²) in [6.07, 6.45) is 0.213. The summed E-state index contributed by atoms with van der Waals surface area (Å²) in [6.45, 7) is 2.18. The van der Waals surface area contributed by atoms with E-state index >= 15 is 0 Å². The van der Waals surface area contributed by atoms with Crippen LogP contribution in [0.25, 0.3) is 9.88 Å². The van der Waals surface area contributed by atoms with E-state index in [0.29, 0.717) is 10.9 Å². The van der Waals surface area contributed by atoms with Gasteiger partial charge in [-0.2, -0.15) is 0 Å². The number of hydrogen-bond acceptors (Lipinski definition) is 5. The second-order valence-corrected chi connectivity index (χ2v) is 6.72. The number of carbonyl (C=O) groups is 1. The second-order valence-electron chi connectivity index (χ2n) is 3.36. The Hall–Kier alpha value is -0.430. The molecule has 0 fully saturated rings. The number of nitrogens with zero attached hydrogens (tertiary/aromatic N) is 1. The van der Waals surface area contributed by atoms with Crippen LogP contribution in [0, 0.1) is 0 Å². The van der Waals surface area contributed by atoms with Gasteiger partial charge in [0.15, 0.2) is 0 Å². The second kappa shape index (κ2) is 6.14. The molecule has 0 aromatic carbocycles. The van der Waals surface area contributed by atoms with Gasteiger partial charge in [0, 0.05) is 9.85 Å². The summed E-state index contributed by atoms with van der Waals surface area (Å²) in [5.74, 6) is -0.250. The monoisotopic (exact) mass is 365 g/mol. The molecule has 96 valence electrons. The van der Waals surface area contributed by atoms with Crippen molar-refractivity contribution in [3.05, 3.63) is 25.9 Å². The average Bonchev–Trinajstić information content (AvgIpc) is 2.87. The number of carbonyl (C=O) groups excluding carboxylic acids is 1. The van der Waals surface area contributed by atoms with Crippen molar-refractivity contribution >= 4 is 56.2 Å². The Bertz CT molecular complexity index is 548. The molecule has 7 heteroatoms. The molecular weight excluding hydrogens is 358 g/mol. The average molecular weight is 367 g/mol. The van der Waals surface area contributed by atoms with Crippen LogP contribution in [0.2, 0.25) is 4.34 Å². The Labute approximate surface area is 126 Å². The van der Waals surface area contributed by atoms with E-state index in [1.165, 1.54) is 22.7 Å². The largest absolute Gasteiger partial charge is 0.466 e. The van der Waals surface area contributed by atoms with Crippen molar-refractivity contribution in [1.82, 2.24) is 4.98 Å². The summed E-state index contributed by atoms with van der Waals surface area (Å²) < 4.78 is 6.45. The third-order valence-corrected chi connectivity index (χ3v) is 5.57. The van der Waals surface area contributed by atoms with E-state index in [0.717, 1.165) is 20.1 Å². The molecule has 0 aliphatic rings. The van der Waals surface area contributed by atoms with Crippen molar-refractivity contribution < 1.29 is 9.53 Å². The predicted molar refractivity (Wildman–Crippen MR) is 78.5 cm³/mol. The van der Waals surface area contributed by atoms with Crippen LogP contribution >= 0.6 is 50.2 Å². The van der Waals surface area contributed by atoms with E-state index in [2.05, 4.69) is 20.9 Å². The molecule has 2 aromatic heterocycles. The standard InChI is InChI=1S/C11H9BrClNO2S2/c1-2-16-9(15)3-6-5-17-11(14-6)8-4-7(12)10(13)18-8/h4-5H,2-3H2,1H3. The van der Waals surface area contributed by atoms with Crippen LogP contribution < -0.4 is 0 Å². The first-order valence-corrected chi connectivity index (χ1v) is 8.02. The number of hydrogen-bond donors (Lipinski definition) is 0. The molecule has 2 heterocycles. The first-order chi connectivity index (χ1) is 8.60. The molecule has 0 spiro atoms. The van der Waals surface area contributed by atoms with Crippen molar-refractivity contribution in [3.8, 4) is 9.88 Å².